The third-order valence-corrected chi connectivity index (χ3v) is 3.56. The second-order valence-electron chi connectivity index (χ2n) is 4.65. The maximum absolute atomic E-state index is 13.2. The van der Waals surface area contributed by atoms with Crippen molar-refractivity contribution in [2.24, 2.45) is 0 Å². The van der Waals surface area contributed by atoms with Crippen molar-refractivity contribution in [3.8, 4) is 0 Å². The van der Waals surface area contributed by atoms with Crippen molar-refractivity contribution >= 4 is 17.3 Å². The monoisotopic (exact) mass is 280 g/mol. The molecule has 0 amide bonds. The van der Waals surface area contributed by atoms with Gasteiger partial charge in [-0.25, -0.2) is 4.39 Å². The Morgan fingerprint density at radius 1 is 1.21 bits per heavy atom. The molecule has 0 saturated carbocycles. The van der Waals surface area contributed by atoms with Crippen molar-refractivity contribution in [3.05, 3.63) is 52.1 Å². The molecule has 2 rings (SSSR count). The number of aryl methyl sites for hydroxylation is 1. The Balaban J connectivity index is 2.14. The maximum Gasteiger partial charge on any atom is 0.126 e. The van der Waals surface area contributed by atoms with Crippen LogP contribution in [0.15, 0.2) is 24.3 Å². The summed E-state index contributed by atoms with van der Waals surface area (Å²) < 4.78 is 15.5. The molecule has 1 aromatic heterocycles. The molecular weight excluding hydrogens is 263 g/mol. The molecular formula is C15H18ClFN2. The molecule has 0 bridgehead atoms. The smallest absolute Gasteiger partial charge is 0.126 e. The molecule has 1 aromatic carbocycles. The first-order valence-corrected chi connectivity index (χ1v) is 6.74. The van der Waals surface area contributed by atoms with Crippen molar-refractivity contribution < 1.29 is 4.39 Å². The number of nitrogens with zero attached hydrogens (tertiary/aromatic N) is 1. The molecule has 0 radical (unpaired) electrons. The van der Waals surface area contributed by atoms with Gasteiger partial charge in [0.1, 0.15) is 5.82 Å². The molecule has 0 aliphatic heterocycles. The van der Waals surface area contributed by atoms with E-state index >= 15 is 0 Å². The second kappa shape index (κ2) is 5.66. The van der Waals surface area contributed by atoms with Gasteiger partial charge in [-0.05, 0) is 50.6 Å². The van der Waals surface area contributed by atoms with Crippen LogP contribution in [0, 0.1) is 19.7 Å². The van der Waals surface area contributed by atoms with E-state index < -0.39 is 0 Å². The largest absolute Gasteiger partial charge is 0.381 e. The lowest BCUT2D eigenvalue weighted by molar-refractivity contribution is 0.628. The highest BCUT2D eigenvalue weighted by atomic mass is 35.5. The van der Waals surface area contributed by atoms with E-state index in [0.717, 1.165) is 6.54 Å². The zero-order valence-electron chi connectivity index (χ0n) is 11.4. The fourth-order valence-electron chi connectivity index (χ4n) is 2.39. The van der Waals surface area contributed by atoms with E-state index in [4.69, 9.17) is 11.6 Å². The lowest BCUT2D eigenvalue weighted by atomic mass is 10.2. The highest BCUT2D eigenvalue weighted by molar-refractivity contribution is 6.30. The van der Waals surface area contributed by atoms with Crippen LogP contribution in [0.1, 0.15) is 23.9 Å². The SMILES string of the molecule is CCn1c(C)cc(CNc2cc(F)cc(Cl)c2)c1C. The summed E-state index contributed by atoms with van der Waals surface area (Å²) >= 11 is 5.83. The zero-order chi connectivity index (χ0) is 14.0. The van der Waals surface area contributed by atoms with E-state index in [0.29, 0.717) is 17.3 Å². The van der Waals surface area contributed by atoms with Gasteiger partial charge < -0.3 is 9.88 Å². The normalized spacial score (nSPS) is 10.8. The first kappa shape index (κ1) is 13.9. The quantitative estimate of drug-likeness (QED) is 0.871. The number of hydrogen-bond acceptors (Lipinski definition) is 1. The van der Waals surface area contributed by atoms with Crippen LogP contribution in [0.5, 0.6) is 0 Å². The maximum atomic E-state index is 13.2. The lowest BCUT2D eigenvalue weighted by Crippen LogP contribution is -2.03. The first-order chi connectivity index (χ1) is 9.01. The molecule has 0 fully saturated rings. The van der Waals surface area contributed by atoms with Crippen LogP contribution in [0.25, 0.3) is 0 Å². The Bertz CT molecular complexity index is 570. The summed E-state index contributed by atoms with van der Waals surface area (Å²) in [6.45, 7) is 7.96. The van der Waals surface area contributed by atoms with Gasteiger partial charge in [-0.3, -0.25) is 0 Å². The fourth-order valence-corrected chi connectivity index (χ4v) is 2.61. The summed E-state index contributed by atoms with van der Waals surface area (Å²) in [7, 11) is 0. The molecule has 0 saturated heterocycles. The number of halogens is 2. The molecule has 0 unspecified atom stereocenters. The third-order valence-electron chi connectivity index (χ3n) is 3.34. The van der Waals surface area contributed by atoms with E-state index in [9.17, 15) is 4.39 Å². The van der Waals surface area contributed by atoms with Crippen LogP contribution in [0.4, 0.5) is 10.1 Å². The summed E-state index contributed by atoms with van der Waals surface area (Å²) in [4.78, 5) is 0. The number of aromatic nitrogens is 1. The highest BCUT2D eigenvalue weighted by Crippen LogP contribution is 2.20. The van der Waals surface area contributed by atoms with Crippen LogP contribution < -0.4 is 5.32 Å². The first-order valence-electron chi connectivity index (χ1n) is 6.37. The highest BCUT2D eigenvalue weighted by Gasteiger charge is 2.07. The molecule has 2 nitrogen and oxygen atoms in total. The topological polar surface area (TPSA) is 17.0 Å². The number of rotatable bonds is 4. The van der Waals surface area contributed by atoms with Gasteiger partial charge in [0.25, 0.3) is 0 Å². The molecule has 1 heterocycles. The minimum absolute atomic E-state index is 0.325. The molecule has 19 heavy (non-hydrogen) atoms. The predicted molar refractivity (Wildman–Crippen MR) is 78.3 cm³/mol. The summed E-state index contributed by atoms with van der Waals surface area (Å²) in [5.41, 5.74) is 4.41. The van der Waals surface area contributed by atoms with Crippen molar-refractivity contribution in [1.82, 2.24) is 4.57 Å². The third kappa shape index (κ3) is 3.10. The zero-order valence-corrected chi connectivity index (χ0v) is 12.2. The summed E-state index contributed by atoms with van der Waals surface area (Å²) in [5, 5.41) is 3.61. The van der Waals surface area contributed by atoms with Crippen molar-refractivity contribution in [2.45, 2.75) is 33.9 Å². The fraction of sp³-hybridized carbons (Fsp3) is 0.333. The van der Waals surface area contributed by atoms with Gasteiger partial charge in [0, 0.05) is 35.2 Å². The Hall–Kier alpha value is -1.48. The molecule has 2 aromatic rings. The molecule has 0 aliphatic rings. The van der Waals surface area contributed by atoms with Gasteiger partial charge in [-0.2, -0.15) is 0 Å². The van der Waals surface area contributed by atoms with Crippen molar-refractivity contribution in [3.63, 3.8) is 0 Å². The van der Waals surface area contributed by atoms with Gasteiger partial charge in [0.05, 0.1) is 0 Å². The van der Waals surface area contributed by atoms with Gasteiger partial charge in [0.2, 0.25) is 0 Å². The number of hydrogen-bond donors (Lipinski definition) is 1. The van der Waals surface area contributed by atoms with E-state index in [1.165, 1.54) is 29.1 Å². The number of anilines is 1. The average Bonchev–Trinajstić information content (AvgIpc) is 2.60. The summed E-state index contributed by atoms with van der Waals surface area (Å²) in [6.07, 6.45) is 0. The minimum Gasteiger partial charge on any atom is -0.381 e. The van der Waals surface area contributed by atoms with Crippen LogP contribution in [-0.4, -0.2) is 4.57 Å². The van der Waals surface area contributed by atoms with E-state index in [-0.39, 0.29) is 5.82 Å². The standard InChI is InChI=1S/C15H18ClFN2/c1-4-19-10(2)5-12(11(19)3)9-18-15-7-13(16)6-14(17)8-15/h5-8,18H,4,9H2,1-3H3. The van der Waals surface area contributed by atoms with Crippen molar-refractivity contribution in [1.29, 1.82) is 0 Å². The Morgan fingerprint density at radius 3 is 2.53 bits per heavy atom. The minimum atomic E-state index is -0.325. The van der Waals surface area contributed by atoms with E-state index in [1.54, 1.807) is 6.07 Å². The lowest BCUT2D eigenvalue weighted by Gasteiger charge is -2.08. The van der Waals surface area contributed by atoms with Crippen LogP contribution in [-0.2, 0) is 13.1 Å². The number of nitrogens with one attached hydrogen (secondary N) is 1. The second-order valence-corrected chi connectivity index (χ2v) is 5.09. The Kier molecular flexibility index (Phi) is 4.15. The summed E-state index contributed by atoms with van der Waals surface area (Å²) in [5.74, 6) is -0.325. The number of benzene rings is 1. The average molecular weight is 281 g/mol. The van der Waals surface area contributed by atoms with Crippen molar-refractivity contribution in [2.75, 3.05) is 5.32 Å². The Morgan fingerprint density at radius 2 is 1.95 bits per heavy atom. The predicted octanol–water partition coefficient (Wildman–Crippen LogP) is 4.53. The van der Waals surface area contributed by atoms with E-state index in [1.807, 2.05) is 0 Å². The molecule has 102 valence electrons. The Labute approximate surface area is 118 Å². The molecule has 0 atom stereocenters. The van der Waals surface area contributed by atoms with Crippen LogP contribution >= 0.6 is 11.6 Å². The van der Waals surface area contributed by atoms with Crippen LogP contribution in [0.2, 0.25) is 5.02 Å². The van der Waals surface area contributed by atoms with Gasteiger partial charge in [-0.15, -0.1) is 0 Å². The molecule has 0 aliphatic carbocycles. The van der Waals surface area contributed by atoms with Gasteiger partial charge >= 0.3 is 0 Å². The van der Waals surface area contributed by atoms with Gasteiger partial charge in [0.15, 0.2) is 0 Å². The molecule has 0 spiro atoms. The molecule has 4 heteroatoms. The molecule has 1 N–H and O–H groups in total. The van der Waals surface area contributed by atoms with Crippen LogP contribution in [0.3, 0.4) is 0 Å². The van der Waals surface area contributed by atoms with Gasteiger partial charge in [-0.1, -0.05) is 11.6 Å². The summed E-state index contributed by atoms with van der Waals surface area (Å²) in [6, 6.07) is 6.64. The van der Waals surface area contributed by atoms with E-state index in [2.05, 4.69) is 36.7 Å².